The first-order chi connectivity index (χ1) is 23.3. The normalized spacial score (nSPS) is 14.5. The summed E-state index contributed by atoms with van der Waals surface area (Å²) in [7, 11) is 6.07. The van der Waals surface area contributed by atoms with E-state index in [1.54, 1.807) is 11.8 Å². The van der Waals surface area contributed by atoms with Crippen LogP contribution in [0.15, 0.2) is 59.5 Å². The number of carbonyl (C=O) groups excluding carboxylic acids is 1. The highest BCUT2D eigenvalue weighted by molar-refractivity contribution is 7.98. The van der Waals surface area contributed by atoms with Gasteiger partial charge in [-0.3, -0.25) is 14.2 Å². The third kappa shape index (κ3) is 5.96. The standard InChI is InChI=1S/C37H39ClN5O3PS/c1-6-31-34-30(40-43(31)4)20-45-19-23-17-24(42(3)39-23)21-48-25-16-22-10-7-8-11-26(22)32(18-25)46-15-9-12-27-28-13-14-29(38)33(34)35(28)41(2)36(27)37(44)47-5/h7-8,10-11,13-14,16-18,47H,6,9,12,15,19-21H2,1-5H3. The van der Waals surface area contributed by atoms with Crippen molar-refractivity contribution in [2.45, 2.75) is 50.0 Å². The third-order valence-electron chi connectivity index (χ3n) is 9.20. The van der Waals surface area contributed by atoms with Gasteiger partial charge >= 0.3 is 0 Å². The lowest BCUT2D eigenvalue weighted by Gasteiger charge is -2.13. The summed E-state index contributed by atoms with van der Waals surface area (Å²) in [6.07, 6.45) is 2.21. The van der Waals surface area contributed by atoms with Crippen LogP contribution in [0.5, 0.6) is 5.75 Å². The van der Waals surface area contributed by atoms with E-state index in [9.17, 15) is 4.79 Å². The Kier molecular flexibility index (Phi) is 9.40. The van der Waals surface area contributed by atoms with Gasteiger partial charge in [0.05, 0.1) is 47.4 Å². The molecule has 6 aromatic rings. The average molecular weight is 700 g/mol. The van der Waals surface area contributed by atoms with Crippen LogP contribution in [0.4, 0.5) is 0 Å². The van der Waals surface area contributed by atoms with Crippen LogP contribution in [0.1, 0.15) is 52.2 Å². The second-order valence-electron chi connectivity index (χ2n) is 12.2. The molecule has 0 spiro atoms. The van der Waals surface area contributed by atoms with E-state index in [-0.39, 0.29) is 14.1 Å². The lowest BCUT2D eigenvalue weighted by atomic mass is 9.97. The molecule has 0 fully saturated rings. The van der Waals surface area contributed by atoms with Crippen molar-refractivity contribution in [2.75, 3.05) is 13.3 Å². The molecule has 4 heterocycles. The first kappa shape index (κ1) is 32.9. The number of thioether (sulfide) groups is 1. The highest BCUT2D eigenvalue weighted by Gasteiger charge is 2.27. The van der Waals surface area contributed by atoms with Crippen molar-refractivity contribution in [2.24, 2.45) is 21.1 Å². The molecule has 7 rings (SSSR count). The monoisotopic (exact) mass is 699 g/mol. The second-order valence-corrected chi connectivity index (χ2v) is 14.6. The molecule has 0 radical (unpaired) electrons. The minimum atomic E-state index is 0.136. The second kappa shape index (κ2) is 13.7. The summed E-state index contributed by atoms with van der Waals surface area (Å²) in [6.45, 7) is 5.25. The Balaban J connectivity index is 1.38. The molecule has 8 bridgehead atoms. The highest BCUT2D eigenvalue weighted by Crippen LogP contribution is 2.43. The third-order valence-corrected chi connectivity index (χ3v) is 11.2. The maximum absolute atomic E-state index is 13.6. The van der Waals surface area contributed by atoms with Crippen LogP contribution in [0.2, 0.25) is 5.02 Å². The van der Waals surface area contributed by atoms with E-state index in [1.807, 2.05) is 49.3 Å². The quantitative estimate of drug-likeness (QED) is 0.173. The van der Waals surface area contributed by atoms with Gasteiger partial charge in [0, 0.05) is 65.1 Å². The van der Waals surface area contributed by atoms with Crippen molar-refractivity contribution in [3.05, 3.63) is 93.7 Å². The van der Waals surface area contributed by atoms with Crippen LogP contribution in [0, 0.1) is 0 Å². The van der Waals surface area contributed by atoms with Gasteiger partial charge in [0.15, 0.2) is 5.52 Å². The summed E-state index contributed by atoms with van der Waals surface area (Å²) >= 11 is 8.87. The number of hydrogen-bond acceptors (Lipinski definition) is 6. The average Bonchev–Trinajstić information content (AvgIpc) is 3.70. The molecule has 248 valence electrons. The number of carbonyl (C=O) groups is 1. The molecule has 0 amide bonds. The first-order valence-corrected chi connectivity index (χ1v) is 19.1. The van der Waals surface area contributed by atoms with Gasteiger partial charge in [-0.05, 0) is 69.7 Å². The van der Waals surface area contributed by atoms with Gasteiger partial charge in [-0.2, -0.15) is 10.2 Å². The molecule has 1 aliphatic rings. The van der Waals surface area contributed by atoms with Gasteiger partial charge in [-0.15, -0.1) is 11.8 Å². The van der Waals surface area contributed by atoms with E-state index in [0.29, 0.717) is 31.3 Å². The van der Waals surface area contributed by atoms with Gasteiger partial charge < -0.3 is 14.0 Å². The smallest absolute Gasteiger partial charge is 0.197 e. The summed E-state index contributed by atoms with van der Waals surface area (Å²) in [5, 5.41) is 13.6. The number of hydrogen-bond donors (Lipinski definition) is 0. The topological polar surface area (TPSA) is 76.1 Å². The van der Waals surface area contributed by atoms with Crippen molar-refractivity contribution in [1.29, 1.82) is 0 Å². The van der Waals surface area contributed by atoms with Crippen LogP contribution >= 0.6 is 31.9 Å². The van der Waals surface area contributed by atoms with Crippen molar-refractivity contribution >= 4 is 59.1 Å². The largest absolute Gasteiger partial charge is 0.493 e. The molecule has 0 saturated heterocycles. The molecule has 8 nitrogen and oxygen atoms in total. The maximum atomic E-state index is 13.6. The fraction of sp³-hybridized carbons (Fsp3) is 0.324. The van der Waals surface area contributed by atoms with Gasteiger partial charge in [-0.25, -0.2) is 0 Å². The number of aryl methyl sites for hydroxylation is 4. The number of benzene rings is 3. The zero-order valence-corrected chi connectivity index (χ0v) is 30.5. The van der Waals surface area contributed by atoms with E-state index < -0.39 is 0 Å². The zero-order chi connectivity index (χ0) is 33.5. The van der Waals surface area contributed by atoms with E-state index >= 15 is 0 Å². The van der Waals surface area contributed by atoms with Gasteiger partial charge in [0.2, 0.25) is 0 Å². The maximum Gasteiger partial charge on any atom is 0.197 e. The van der Waals surface area contributed by atoms with Crippen LogP contribution in [0.25, 0.3) is 32.8 Å². The number of halogens is 1. The highest BCUT2D eigenvalue weighted by atomic mass is 35.5. The summed E-state index contributed by atoms with van der Waals surface area (Å²) in [5.41, 5.74) is 8.58. The lowest BCUT2D eigenvalue weighted by Crippen LogP contribution is -2.06. The fourth-order valence-corrected chi connectivity index (χ4v) is 8.77. The molecule has 11 heteroatoms. The minimum Gasteiger partial charge on any atom is -0.493 e. The number of ether oxygens (including phenoxy) is 2. The molecule has 48 heavy (non-hydrogen) atoms. The molecule has 1 atom stereocenters. The van der Waals surface area contributed by atoms with Gasteiger partial charge in [-0.1, -0.05) is 48.9 Å². The Morgan fingerprint density at radius 1 is 1.00 bits per heavy atom. The fourth-order valence-electron chi connectivity index (χ4n) is 6.98. The lowest BCUT2D eigenvalue weighted by molar-refractivity contribution is 0.101. The molecule has 3 aromatic heterocycles. The van der Waals surface area contributed by atoms with Gasteiger partial charge in [0.1, 0.15) is 5.75 Å². The molecule has 0 saturated carbocycles. The van der Waals surface area contributed by atoms with E-state index in [0.717, 1.165) is 96.1 Å². The Morgan fingerprint density at radius 3 is 2.65 bits per heavy atom. The Morgan fingerprint density at radius 2 is 1.83 bits per heavy atom. The summed E-state index contributed by atoms with van der Waals surface area (Å²) < 4.78 is 18.7. The number of rotatable bonds is 3. The zero-order valence-electron chi connectivity index (χ0n) is 27.9. The van der Waals surface area contributed by atoms with E-state index in [1.165, 1.54) is 0 Å². The molecular formula is C37H39ClN5O3PS. The predicted octanol–water partition coefficient (Wildman–Crippen LogP) is 8.46. The van der Waals surface area contributed by atoms with Crippen molar-refractivity contribution < 1.29 is 14.3 Å². The Hall–Kier alpha value is -3.62. The number of aromatic nitrogens is 5. The van der Waals surface area contributed by atoms with Crippen molar-refractivity contribution in [1.82, 2.24) is 24.1 Å². The van der Waals surface area contributed by atoms with Crippen LogP contribution < -0.4 is 4.74 Å². The molecular weight excluding hydrogens is 661 g/mol. The SMILES string of the molecule is CCc1c2c(nn1C)COCc1cc(n(C)n1)CSc1cc(c3ccccc3c1)OCCCc1c(C(=O)PC)n(C)c3c-2c(Cl)ccc13. The Labute approximate surface area is 291 Å². The molecule has 3 aromatic carbocycles. The number of nitrogens with zero attached hydrogens (tertiary/aromatic N) is 5. The predicted molar refractivity (Wildman–Crippen MR) is 197 cm³/mol. The van der Waals surface area contributed by atoms with E-state index in [4.69, 9.17) is 31.3 Å². The molecule has 0 aliphatic carbocycles. The van der Waals surface area contributed by atoms with Crippen molar-refractivity contribution in [3.8, 4) is 16.9 Å². The van der Waals surface area contributed by atoms with Crippen LogP contribution in [-0.4, -0.2) is 42.9 Å². The van der Waals surface area contributed by atoms with Crippen LogP contribution in [-0.2, 0) is 57.7 Å². The molecule has 0 N–H and O–H groups in total. The first-order valence-electron chi connectivity index (χ1n) is 16.2. The summed E-state index contributed by atoms with van der Waals surface area (Å²) in [6, 6.07) is 18.9. The molecule has 1 aliphatic heterocycles. The Bertz CT molecular complexity index is 2190. The van der Waals surface area contributed by atoms with Crippen molar-refractivity contribution in [3.63, 3.8) is 0 Å². The minimum absolute atomic E-state index is 0.136. The number of fused-ring (bicyclic) bond motifs is 8. The summed E-state index contributed by atoms with van der Waals surface area (Å²) in [4.78, 5) is 14.7. The summed E-state index contributed by atoms with van der Waals surface area (Å²) in [5.74, 6) is 1.63. The van der Waals surface area contributed by atoms with Crippen LogP contribution in [0.3, 0.4) is 0 Å². The van der Waals surface area contributed by atoms with Gasteiger partial charge in [0.25, 0.3) is 0 Å². The van der Waals surface area contributed by atoms with E-state index in [2.05, 4.69) is 54.0 Å². The molecule has 1 unspecified atom stereocenters.